The number of piperidine rings is 1. The van der Waals surface area contributed by atoms with E-state index in [-0.39, 0.29) is 12.5 Å². The third kappa shape index (κ3) is 4.64. The summed E-state index contributed by atoms with van der Waals surface area (Å²) in [5.41, 5.74) is 2.24. The van der Waals surface area contributed by atoms with Crippen LogP contribution in [0.2, 0.25) is 0 Å². The van der Waals surface area contributed by atoms with Crippen molar-refractivity contribution >= 4 is 17.2 Å². The smallest absolute Gasteiger partial charge is 0.248 e. The summed E-state index contributed by atoms with van der Waals surface area (Å²) in [6.45, 7) is 4.02. The molecule has 0 unspecified atom stereocenters. The van der Waals surface area contributed by atoms with Crippen molar-refractivity contribution in [3.8, 4) is 16.3 Å². The lowest BCUT2D eigenvalue weighted by Crippen LogP contribution is -2.50. The first-order valence-electron chi connectivity index (χ1n) is 11.5. The van der Waals surface area contributed by atoms with Gasteiger partial charge in [-0.25, -0.2) is 4.98 Å². The van der Waals surface area contributed by atoms with Crippen molar-refractivity contribution < 1.29 is 14.3 Å². The van der Waals surface area contributed by atoms with E-state index in [0.717, 1.165) is 47.3 Å². The van der Waals surface area contributed by atoms with Gasteiger partial charge in [0.15, 0.2) is 0 Å². The molecule has 2 aromatic rings. The van der Waals surface area contributed by atoms with Crippen molar-refractivity contribution in [3.05, 3.63) is 34.8 Å². The minimum absolute atomic E-state index is 0.0446. The highest BCUT2D eigenvalue weighted by atomic mass is 32.1. The molecule has 1 saturated carbocycles. The molecule has 1 aromatic carbocycles. The number of aromatic nitrogens is 1. The number of ether oxygens (including phenoxy) is 2. The van der Waals surface area contributed by atoms with Crippen LogP contribution in [0.4, 0.5) is 0 Å². The van der Waals surface area contributed by atoms with Crippen LogP contribution in [-0.2, 0) is 22.5 Å². The fourth-order valence-electron chi connectivity index (χ4n) is 4.83. The molecule has 0 bridgehead atoms. The molecule has 6 nitrogen and oxygen atoms in total. The Kier molecular flexibility index (Phi) is 6.25. The predicted molar refractivity (Wildman–Crippen MR) is 121 cm³/mol. The average molecular weight is 442 g/mol. The largest absolute Gasteiger partial charge is 0.490 e. The molecule has 2 aliphatic heterocycles. The number of amides is 1. The zero-order valence-corrected chi connectivity index (χ0v) is 19.0. The second kappa shape index (κ2) is 9.27. The average Bonchev–Trinajstić information content (AvgIpc) is 3.20. The number of thiazole rings is 1. The lowest BCUT2D eigenvalue weighted by Gasteiger charge is -2.44. The van der Waals surface area contributed by atoms with Crippen molar-refractivity contribution in [1.29, 1.82) is 0 Å². The molecule has 0 radical (unpaired) electrons. The minimum Gasteiger partial charge on any atom is -0.490 e. The maximum Gasteiger partial charge on any atom is 0.248 e. The summed E-state index contributed by atoms with van der Waals surface area (Å²) >= 11 is 1.69. The van der Waals surface area contributed by atoms with E-state index < -0.39 is 0 Å². The lowest BCUT2D eigenvalue weighted by atomic mass is 9.86. The molecule has 166 valence electrons. The van der Waals surface area contributed by atoms with Crippen molar-refractivity contribution in [2.75, 3.05) is 33.4 Å². The second-order valence-electron chi connectivity index (χ2n) is 8.87. The predicted octanol–water partition coefficient (Wildman–Crippen LogP) is 3.74. The van der Waals surface area contributed by atoms with Crippen LogP contribution in [0.1, 0.15) is 42.7 Å². The summed E-state index contributed by atoms with van der Waals surface area (Å²) in [6, 6.07) is 9.07. The van der Waals surface area contributed by atoms with Crippen LogP contribution in [0.25, 0.3) is 10.6 Å². The van der Waals surface area contributed by atoms with Crippen molar-refractivity contribution in [2.45, 2.75) is 57.2 Å². The molecule has 5 rings (SSSR count). The number of methoxy groups -OCH3 is 1. The summed E-state index contributed by atoms with van der Waals surface area (Å²) in [5.74, 6) is 0.992. The first kappa shape index (κ1) is 20.9. The Morgan fingerprint density at radius 2 is 1.90 bits per heavy atom. The number of carbonyl (C=O) groups excluding carboxylic acids is 1. The Morgan fingerprint density at radius 1 is 1.13 bits per heavy atom. The van der Waals surface area contributed by atoms with Crippen molar-refractivity contribution in [3.63, 3.8) is 0 Å². The highest BCUT2D eigenvalue weighted by molar-refractivity contribution is 7.15. The van der Waals surface area contributed by atoms with Gasteiger partial charge in [0.25, 0.3) is 0 Å². The quantitative estimate of drug-likeness (QED) is 0.684. The molecule has 0 spiro atoms. The number of rotatable bonds is 6. The van der Waals surface area contributed by atoms with Gasteiger partial charge in [0.1, 0.15) is 23.5 Å². The summed E-state index contributed by atoms with van der Waals surface area (Å²) in [4.78, 5) is 22.7. The standard InChI is InChI=1S/C24H31N3O3S/c1-29-16-23(28)27-12-9-21-22(15-27)31-24(25-21)17-5-7-19(8-6-17)30-20-13-18(14-20)26-10-3-2-4-11-26/h5-8,18,20H,2-4,9-16H2,1H3. The minimum atomic E-state index is 0.0446. The molecule has 1 aromatic heterocycles. The van der Waals surface area contributed by atoms with Gasteiger partial charge in [-0.3, -0.25) is 4.79 Å². The molecular weight excluding hydrogens is 410 g/mol. The molecule has 1 amide bonds. The Morgan fingerprint density at radius 3 is 2.65 bits per heavy atom. The molecule has 7 heteroatoms. The van der Waals surface area contributed by atoms with Gasteiger partial charge in [0.05, 0.1) is 12.2 Å². The molecule has 0 atom stereocenters. The molecule has 2 fully saturated rings. The number of hydrogen-bond donors (Lipinski definition) is 0. The third-order valence-electron chi connectivity index (χ3n) is 6.73. The first-order valence-corrected chi connectivity index (χ1v) is 12.3. The summed E-state index contributed by atoms with van der Waals surface area (Å²) in [5, 5.41) is 1.02. The molecule has 3 aliphatic rings. The van der Waals surface area contributed by atoms with E-state index >= 15 is 0 Å². The van der Waals surface area contributed by atoms with E-state index in [9.17, 15) is 4.79 Å². The highest BCUT2D eigenvalue weighted by Gasteiger charge is 2.35. The number of fused-ring (bicyclic) bond motifs is 1. The van der Waals surface area contributed by atoms with Gasteiger partial charge in [-0.15, -0.1) is 11.3 Å². The van der Waals surface area contributed by atoms with E-state index in [1.165, 1.54) is 37.2 Å². The molecular formula is C24H31N3O3S. The highest BCUT2D eigenvalue weighted by Crippen LogP contribution is 2.34. The molecule has 0 N–H and O–H groups in total. The number of likely N-dealkylation sites (tertiary alicyclic amines) is 1. The van der Waals surface area contributed by atoms with Gasteiger partial charge >= 0.3 is 0 Å². The van der Waals surface area contributed by atoms with Crippen molar-refractivity contribution in [1.82, 2.24) is 14.8 Å². The molecule has 1 saturated heterocycles. The van der Waals surface area contributed by atoms with Gasteiger partial charge in [-0.2, -0.15) is 0 Å². The van der Waals surface area contributed by atoms with Crippen LogP contribution in [-0.4, -0.2) is 66.2 Å². The van der Waals surface area contributed by atoms with Gasteiger partial charge < -0.3 is 19.3 Å². The SMILES string of the molecule is COCC(=O)N1CCc2nc(-c3ccc(OC4CC(N5CCCCC5)C4)cc3)sc2C1. The topological polar surface area (TPSA) is 54.9 Å². The normalized spacial score (nSPS) is 23.8. The maximum atomic E-state index is 12.1. The van der Waals surface area contributed by atoms with Crippen LogP contribution in [0.15, 0.2) is 24.3 Å². The second-order valence-corrected chi connectivity index (χ2v) is 9.96. The first-order chi connectivity index (χ1) is 15.2. The van der Waals surface area contributed by atoms with Gasteiger partial charge in [-0.05, 0) is 50.2 Å². The maximum absolute atomic E-state index is 12.1. The van der Waals surface area contributed by atoms with Gasteiger partial charge in [-0.1, -0.05) is 6.42 Å². The van der Waals surface area contributed by atoms with Crippen LogP contribution < -0.4 is 4.74 Å². The Hall–Kier alpha value is -1.96. The monoisotopic (exact) mass is 441 g/mol. The van der Waals surface area contributed by atoms with E-state index in [1.54, 1.807) is 18.4 Å². The zero-order chi connectivity index (χ0) is 21.2. The Balaban J connectivity index is 1.16. The number of carbonyl (C=O) groups is 1. The lowest BCUT2D eigenvalue weighted by molar-refractivity contribution is -0.136. The van der Waals surface area contributed by atoms with E-state index in [4.69, 9.17) is 14.5 Å². The number of nitrogens with zero attached hydrogens (tertiary/aromatic N) is 3. The molecule has 31 heavy (non-hydrogen) atoms. The number of benzene rings is 1. The Bertz CT molecular complexity index is 901. The summed E-state index contributed by atoms with van der Waals surface area (Å²) in [6.07, 6.45) is 7.56. The zero-order valence-electron chi connectivity index (χ0n) is 18.2. The molecule has 3 heterocycles. The van der Waals surface area contributed by atoms with Crippen LogP contribution >= 0.6 is 11.3 Å². The van der Waals surface area contributed by atoms with Crippen LogP contribution in [0.5, 0.6) is 5.75 Å². The fourth-order valence-corrected chi connectivity index (χ4v) is 5.96. The van der Waals surface area contributed by atoms with E-state index in [2.05, 4.69) is 29.2 Å². The van der Waals surface area contributed by atoms with Crippen LogP contribution in [0.3, 0.4) is 0 Å². The van der Waals surface area contributed by atoms with Crippen LogP contribution in [0, 0.1) is 0 Å². The van der Waals surface area contributed by atoms with Crippen molar-refractivity contribution in [2.24, 2.45) is 0 Å². The van der Waals surface area contributed by atoms with E-state index in [0.29, 0.717) is 19.2 Å². The van der Waals surface area contributed by atoms with E-state index in [1.807, 2.05) is 4.90 Å². The summed E-state index contributed by atoms with van der Waals surface area (Å²) < 4.78 is 11.2. The Labute approximate surface area is 188 Å². The molecule has 1 aliphatic carbocycles. The number of hydrogen-bond acceptors (Lipinski definition) is 6. The fraction of sp³-hybridized carbons (Fsp3) is 0.583. The van der Waals surface area contributed by atoms with Gasteiger partial charge in [0, 0.05) is 49.4 Å². The third-order valence-corrected chi connectivity index (χ3v) is 7.86. The summed E-state index contributed by atoms with van der Waals surface area (Å²) in [7, 11) is 1.56. The van der Waals surface area contributed by atoms with Gasteiger partial charge in [0.2, 0.25) is 5.91 Å².